The molecule has 0 aliphatic carbocycles. The van der Waals surface area contributed by atoms with Gasteiger partial charge in [-0.2, -0.15) is 0 Å². The molecule has 2 heterocycles. The number of aromatic nitrogens is 1. The van der Waals surface area contributed by atoms with Crippen LogP contribution in [0, 0.1) is 6.92 Å². The molecular weight excluding hydrogens is 390 g/mol. The number of benzene rings is 1. The number of aromatic amines is 1. The third kappa shape index (κ3) is 4.78. The molecule has 152 valence electrons. The normalized spacial score (nSPS) is 10.4. The van der Waals surface area contributed by atoms with E-state index in [0.29, 0.717) is 35.0 Å². The second-order valence-corrected chi connectivity index (χ2v) is 7.33. The molecule has 0 saturated heterocycles. The highest BCUT2D eigenvalue weighted by Gasteiger charge is 2.19. The van der Waals surface area contributed by atoms with Gasteiger partial charge in [0.15, 0.2) is 11.5 Å². The van der Waals surface area contributed by atoms with E-state index in [2.05, 4.69) is 28.6 Å². The van der Waals surface area contributed by atoms with Gasteiger partial charge in [0, 0.05) is 23.2 Å². The molecule has 0 fully saturated rings. The molecule has 0 bridgehead atoms. The lowest BCUT2D eigenvalue weighted by atomic mass is 10.1. The zero-order chi connectivity index (χ0) is 20.8. The highest BCUT2D eigenvalue weighted by atomic mass is 32.1. The SMILES string of the molecule is COc1cc(C(=O)NCCc2sccc2C)cc(NC(=O)c2ccc[nH]2)c1OC. The van der Waals surface area contributed by atoms with Crippen LogP contribution in [0.15, 0.2) is 41.9 Å². The minimum Gasteiger partial charge on any atom is -0.493 e. The predicted octanol–water partition coefficient (Wildman–Crippen LogP) is 3.63. The van der Waals surface area contributed by atoms with E-state index in [-0.39, 0.29) is 11.8 Å². The van der Waals surface area contributed by atoms with Crippen LogP contribution in [-0.4, -0.2) is 37.6 Å². The number of H-pyrrole nitrogens is 1. The molecular formula is C21H23N3O4S. The summed E-state index contributed by atoms with van der Waals surface area (Å²) < 4.78 is 10.7. The number of ether oxygens (including phenoxy) is 2. The molecule has 0 aliphatic heterocycles. The van der Waals surface area contributed by atoms with Crippen LogP contribution in [0.25, 0.3) is 0 Å². The summed E-state index contributed by atoms with van der Waals surface area (Å²) in [6, 6.07) is 8.62. The van der Waals surface area contributed by atoms with Gasteiger partial charge in [-0.15, -0.1) is 11.3 Å². The maximum Gasteiger partial charge on any atom is 0.272 e. The number of nitrogens with one attached hydrogen (secondary N) is 3. The van der Waals surface area contributed by atoms with Crippen molar-refractivity contribution in [2.45, 2.75) is 13.3 Å². The van der Waals surface area contributed by atoms with Crippen molar-refractivity contribution in [3.05, 3.63) is 63.6 Å². The molecule has 0 aliphatic rings. The minimum atomic E-state index is -0.346. The second-order valence-electron chi connectivity index (χ2n) is 6.33. The molecule has 0 radical (unpaired) electrons. The number of aryl methyl sites for hydroxylation is 1. The predicted molar refractivity (Wildman–Crippen MR) is 113 cm³/mol. The Hall–Kier alpha value is -3.26. The van der Waals surface area contributed by atoms with E-state index in [1.807, 2.05) is 5.38 Å². The third-order valence-electron chi connectivity index (χ3n) is 4.44. The first-order valence-corrected chi connectivity index (χ1v) is 9.93. The van der Waals surface area contributed by atoms with Crippen molar-refractivity contribution in [2.75, 3.05) is 26.1 Å². The Morgan fingerprint density at radius 3 is 2.59 bits per heavy atom. The van der Waals surface area contributed by atoms with E-state index in [4.69, 9.17) is 9.47 Å². The fraction of sp³-hybridized carbons (Fsp3) is 0.238. The summed E-state index contributed by atoms with van der Waals surface area (Å²) in [4.78, 5) is 29.2. The lowest BCUT2D eigenvalue weighted by Gasteiger charge is -2.15. The zero-order valence-corrected chi connectivity index (χ0v) is 17.3. The summed E-state index contributed by atoms with van der Waals surface area (Å²) in [6.45, 7) is 2.57. The Morgan fingerprint density at radius 2 is 1.97 bits per heavy atom. The van der Waals surface area contributed by atoms with Crippen LogP contribution < -0.4 is 20.1 Å². The average molecular weight is 413 g/mol. The number of thiophene rings is 1. The van der Waals surface area contributed by atoms with Crippen molar-refractivity contribution < 1.29 is 19.1 Å². The fourth-order valence-electron chi connectivity index (χ4n) is 2.90. The zero-order valence-electron chi connectivity index (χ0n) is 16.5. The largest absolute Gasteiger partial charge is 0.493 e. The summed E-state index contributed by atoms with van der Waals surface area (Å²) in [7, 11) is 2.96. The number of amides is 2. The topological polar surface area (TPSA) is 92.5 Å². The Bertz CT molecular complexity index is 996. The molecule has 0 saturated carbocycles. The van der Waals surface area contributed by atoms with Gasteiger partial charge in [-0.1, -0.05) is 0 Å². The molecule has 0 spiro atoms. The lowest BCUT2D eigenvalue weighted by Crippen LogP contribution is -2.26. The number of carbonyl (C=O) groups is 2. The maximum atomic E-state index is 12.7. The summed E-state index contributed by atoms with van der Waals surface area (Å²) in [6.07, 6.45) is 2.42. The van der Waals surface area contributed by atoms with Gasteiger partial charge in [-0.3, -0.25) is 9.59 Å². The Morgan fingerprint density at radius 1 is 1.14 bits per heavy atom. The first-order valence-electron chi connectivity index (χ1n) is 9.05. The number of carbonyl (C=O) groups excluding carboxylic acids is 2. The highest BCUT2D eigenvalue weighted by molar-refractivity contribution is 7.10. The quantitative estimate of drug-likeness (QED) is 0.526. The highest BCUT2D eigenvalue weighted by Crippen LogP contribution is 2.37. The fourth-order valence-corrected chi connectivity index (χ4v) is 3.81. The van der Waals surface area contributed by atoms with Gasteiger partial charge in [0.05, 0.1) is 19.9 Å². The van der Waals surface area contributed by atoms with Crippen LogP contribution in [0.1, 0.15) is 31.3 Å². The van der Waals surface area contributed by atoms with Crippen molar-refractivity contribution in [3.63, 3.8) is 0 Å². The number of rotatable bonds is 8. The van der Waals surface area contributed by atoms with E-state index in [0.717, 1.165) is 6.42 Å². The summed E-state index contributed by atoms with van der Waals surface area (Å²) >= 11 is 1.68. The first kappa shape index (κ1) is 20.5. The molecule has 3 rings (SSSR count). The van der Waals surface area contributed by atoms with Gasteiger partial charge in [0.2, 0.25) is 0 Å². The van der Waals surface area contributed by atoms with Gasteiger partial charge in [0.25, 0.3) is 11.8 Å². The smallest absolute Gasteiger partial charge is 0.272 e. The Balaban J connectivity index is 1.77. The maximum absolute atomic E-state index is 12.7. The van der Waals surface area contributed by atoms with E-state index in [1.54, 1.807) is 41.8 Å². The molecule has 3 aromatic rings. The van der Waals surface area contributed by atoms with Crippen LogP contribution in [0.3, 0.4) is 0 Å². The van der Waals surface area contributed by atoms with Crippen LogP contribution in [-0.2, 0) is 6.42 Å². The summed E-state index contributed by atoms with van der Waals surface area (Å²) in [5.74, 6) is 0.103. The second kappa shape index (κ2) is 9.29. The number of hydrogen-bond acceptors (Lipinski definition) is 5. The van der Waals surface area contributed by atoms with Gasteiger partial charge in [-0.05, 0) is 54.6 Å². The van der Waals surface area contributed by atoms with Crippen LogP contribution >= 0.6 is 11.3 Å². The molecule has 1 aromatic carbocycles. The molecule has 8 heteroatoms. The van der Waals surface area contributed by atoms with Crippen LogP contribution in [0.5, 0.6) is 11.5 Å². The van der Waals surface area contributed by atoms with Gasteiger partial charge >= 0.3 is 0 Å². The Kier molecular flexibility index (Phi) is 6.56. The monoisotopic (exact) mass is 413 g/mol. The van der Waals surface area contributed by atoms with Crippen molar-refractivity contribution >= 4 is 28.8 Å². The standard InChI is InChI=1S/C21H23N3O4S/c1-13-7-10-29-18(13)6-9-23-20(25)14-11-16(19(28-3)17(12-14)27-2)24-21(26)15-5-4-8-22-15/h4-5,7-8,10-12,22H,6,9H2,1-3H3,(H,23,25)(H,24,26). The molecule has 3 N–H and O–H groups in total. The number of anilines is 1. The van der Waals surface area contributed by atoms with Crippen LogP contribution in [0.2, 0.25) is 0 Å². The lowest BCUT2D eigenvalue weighted by molar-refractivity contribution is 0.0952. The van der Waals surface area contributed by atoms with Crippen molar-refractivity contribution in [1.82, 2.24) is 10.3 Å². The van der Waals surface area contributed by atoms with Gasteiger partial charge < -0.3 is 25.1 Å². The minimum absolute atomic E-state index is 0.254. The van der Waals surface area contributed by atoms with Gasteiger partial charge in [-0.25, -0.2) is 0 Å². The van der Waals surface area contributed by atoms with Gasteiger partial charge in [0.1, 0.15) is 5.69 Å². The Labute approximate surface area is 173 Å². The first-order chi connectivity index (χ1) is 14.0. The molecule has 2 amide bonds. The molecule has 29 heavy (non-hydrogen) atoms. The van der Waals surface area contributed by atoms with E-state index < -0.39 is 0 Å². The van der Waals surface area contributed by atoms with E-state index >= 15 is 0 Å². The van der Waals surface area contributed by atoms with Crippen molar-refractivity contribution in [3.8, 4) is 11.5 Å². The van der Waals surface area contributed by atoms with E-state index in [1.165, 1.54) is 24.7 Å². The number of hydrogen-bond donors (Lipinski definition) is 3. The van der Waals surface area contributed by atoms with Crippen molar-refractivity contribution in [2.24, 2.45) is 0 Å². The average Bonchev–Trinajstić information content (AvgIpc) is 3.39. The molecule has 0 atom stereocenters. The van der Waals surface area contributed by atoms with Crippen molar-refractivity contribution in [1.29, 1.82) is 0 Å². The molecule has 2 aromatic heterocycles. The van der Waals surface area contributed by atoms with E-state index in [9.17, 15) is 9.59 Å². The molecule has 7 nitrogen and oxygen atoms in total. The summed E-state index contributed by atoms with van der Waals surface area (Å²) in [5, 5.41) is 7.72. The third-order valence-corrected chi connectivity index (χ3v) is 5.52. The number of methoxy groups -OCH3 is 2. The van der Waals surface area contributed by atoms with Crippen LogP contribution in [0.4, 0.5) is 5.69 Å². The molecule has 0 unspecified atom stereocenters. The summed E-state index contributed by atoms with van der Waals surface area (Å²) in [5.41, 5.74) is 2.34.